The third-order valence-corrected chi connectivity index (χ3v) is 7.21. The van der Waals surface area contributed by atoms with Gasteiger partial charge in [0.15, 0.2) is 5.09 Å². The van der Waals surface area contributed by atoms with Gasteiger partial charge < -0.3 is 14.8 Å². The maximum Gasteiger partial charge on any atom is 0.329 e. The summed E-state index contributed by atoms with van der Waals surface area (Å²) < 4.78 is 8.79. The van der Waals surface area contributed by atoms with Gasteiger partial charge in [0, 0.05) is 29.6 Å². The van der Waals surface area contributed by atoms with Crippen molar-refractivity contribution in [1.82, 2.24) is 4.72 Å². The summed E-state index contributed by atoms with van der Waals surface area (Å²) in [6.45, 7) is 4.27. The van der Waals surface area contributed by atoms with E-state index in [0.29, 0.717) is 5.09 Å². The standard InChI is InChI=1S/C23H28N2O3S/c1-23(2)11-18(26)17-10-20(28-19(17)12-23)29-25-22(27)24-21-15-7-3-5-13(15)9-14-6-4-8-16(14)21/h9-10,18,26H,3-8,11-12H2,1-2H3,(H2,24,25,27). The van der Waals surface area contributed by atoms with Gasteiger partial charge in [0.2, 0.25) is 0 Å². The van der Waals surface area contributed by atoms with Crippen LogP contribution in [0.1, 0.15) is 72.8 Å². The first kappa shape index (κ1) is 19.1. The lowest BCUT2D eigenvalue weighted by molar-refractivity contribution is 0.0927. The molecule has 1 aromatic carbocycles. The number of benzene rings is 1. The number of carbonyl (C=O) groups excluding carboxylic acids is 1. The second-order valence-electron chi connectivity index (χ2n) is 9.40. The first-order valence-corrected chi connectivity index (χ1v) is 11.4. The third kappa shape index (κ3) is 3.57. The van der Waals surface area contributed by atoms with Gasteiger partial charge in [-0.05, 0) is 78.7 Å². The Balaban J connectivity index is 1.29. The van der Waals surface area contributed by atoms with E-state index in [4.69, 9.17) is 4.42 Å². The molecule has 0 saturated carbocycles. The van der Waals surface area contributed by atoms with Crippen LogP contribution >= 0.6 is 11.9 Å². The molecule has 5 nitrogen and oxygen atoms in total. The van der Waals surface area contributed by atoms with Gasteiger partial charge in [-0.25, -0.2) is 4.79 Å². The monoisotopic (exact) mass is 412 g/mol. The van der Waals surface area contributed by atoms with Crippen LogP contribution in [-0.4, -0.2) is 11.1 Å². The van der Waals surface area contributed by atoms with E-state index in [-0.39, 0.29) is 11.4 Å². The molecule has 3 aliphatic carbocycles. The number of amides is 2. The zero-order valence-corrected chi connectivity index (χ0v) is 17.9. The van der Waals surface area contributed by atoms with Gasteiger partial charge in [-0.15, -0.1) is 0 Å². The molecule has 0 aliphatic heterocycles. The summed E-state index contributed by atoms with van der Waals surface area (Å²) in [7, 11) is 0. The normalized spacial score (nSPS) is 21.4. The average molecular weight is 413 g/mol. The molecule has 0 radical (unpaired) electrons. The van der Waals surface area contributed by atoms with Gasteiger partial charge in [0.1, 0.15) is 5.76 Å². The summed E-state index contributed by atoms with van der Waals surface area (Å²) in [6, 6.07) is 4.00. The van der Waals surface area contributed by atoms with E-state index < -0.39 is 6.10 Å². The first-order valence-electron chi connectivity index (χ1n) is 10.6. The number of nitrogens with one attached hydrogen (secondary N) is 2. The minimum Gasteiger partial charge on any atom is -0.453 e. The van der Waals surface area contributed by atoms with Gasteiger partial charge >= 0.3 is 6.03 Å². The summed E-state index contributed by atoms with van der Waals surface area (Å²) in [5.74, 6) is 0.831. The summed E-state index contributed by atoms with van der Waals surface area (Å²) in [6.07, 6.45) is 7.67. The zero-order valence-electron chi connectivity index (χ0n) is 17.1. The largest absolute Gasteiger partial charge is 0.453 e. The highest BCUT2D eigenvalue weighted by Gasteiger charge is 2.34. The number of urea groups is 1. The van der Waals surface area contributed by atoms with Crippen molar-refractivity contribution >= 4 is 23.7 Å². The first-order chi connectivity index (χ1) is 13.9. The van der Waals surface area contributed by atoms with Crippen molar-refractivity contribution < 1.29 is 14.3 Å². The molecule has 154 valence electrons. The van der Waals surface area contributed by atoms with Crippen molar-refractivity contribution in [2.75, 3.05) is 5.32 Å². The minimum atomic E-state index is -0.504. The molecule has 1 heterocycles. The van der Waals surface area contributed by atoms with Crippen LogP contribution in [0.4, 0.5) is 10.5 Å². The van der Waals surface area contributed by atoms with Crippen molar-refractivity contribution in [2.45, 2.75) is 76.4 Å². The minimum absolute atomic E-state index is 0.0189. The number of hydrogen-bond donors (Lipinski definition) is 3. The predicted molar refractivity (Wildman–Crippen MR) is 114 cm³/mol. The van der Waals surface area contributed by atoms with E-state index in [2.05, 4.69) is 30.0 Å². The van der Waals surface area contributed by atoms with E-state index in [9.17, 15) is 9.90 Å². The summed E-state index contributed by atoms with van der Waals surface area (Å²) >= 11 is 1.17. The van der Waals surface area contributed by atoms with Crippen molar-refractivity contribution in [1.29, 1.82) is 0 Å². The van der Waals surface area contributed by atoms with E-state index in [0.717, 1.165) is 55.5 Å². The van der Waals surface area contributed by atoms with Gasteiger partial charge in [0.25, 0.3) is 0 Å². The molecule has 5 rings (SSSR count). The van der Waals surface area contributed by atoms with Crippen LogP contribution in [0.5, 0.6) is 0 Å². The van der Waals surface area contributed by atoms with Crippen LogP contribution < -0.4 is 10.0 Å². The van der Waals surface area contributed by atoms with Crippen molar-refractivity contribution in [3.05, 3.63) is 45.7 Å². The molecule has 1 aromatic heterocycles. The highest BCUT2D eigenvalue weighted by Crippen LogP contribution is 2.43. The fourth-order valence-corrected chi connectivity index (χ4v) is 5.80. The van der Waals surface area contributed by atoms with Gasteiger partial charge in [-0.3, -0.25) is 4.72 Å². The van der Waals surface area contributed by atoms with Crippen LogP contribution in [0.2, 0.25) is 0 Å². The highest BCUT2D eigenvalue weighted by atomic mass is 32.2. The number of carbonyl (C=O) groups is 1. The van der Waals surface area contributed by atoms with E-state index in [1.165, 1.54) is 47.0 Å². The van der Waals surface area contributed by atoms with Crippen LogP contribution in [0.15, 0.2) is 21.6 Å². The maximum atomic E-state index is 12.7. The number of aliphatic hydroxyl groups excluding tert-OH is 1. The van der Waals surface area contributed by atoms with Gasteiger partial charge in [0.05, 0.1) is 6.10 Å². The summed E-state index contributed by atoms with van der Waals surface area (Å²) in [5.41, 5.74) is 7.38. The second-order valence-corrected chi connectivity index (χ2v) is 10.2. The molecule has 2 aromatic rings. The number of aliphatic hydroxyl groups is 1. The molecule has 0 fully saturated rings. The molecule has 0 saturated heterocycles. The predicted octanol–water partition coefficient (Wildman–Crippen LogP) is 5.09. The molecule has 1 unspecified atom stereocenters. The topological polar surface area (TPSA) is 74.5 Å². The Labute approximate surface area is 175 Å². The fraction of sp³-hybridized carbons (Fsp3) is 0.522. The average Bonchev–Trinajstić information content (AvgIpc) is 3.37. The Morgan fingerprint density at radius 3 is 2.52 bits per heavy atom. The van der Waals surface area contributed by atoms with E-state index >= 15 is 0 Å². The fourth-order valence-electron chi connectivity index (χ4n) is 5.23. The SMILES string of the molecule is CC1(C)Cc2oc(SNC(=O)Nc3c4c(cc5c3CCC5)CCC4)cc2C(O)C1. The quantitative estimate of drug-likeness (QED) is 0.614. The van der Waals surface area contributed by atoms with E-state index in [1.807, 2.05) is 6.07 Å². The molecule has 1 atom stereocenters. The molecule has 0 bridgehead atoms. The van der Waals surface area contributed by atoms with Crippen molar-refractivity contribution in [3.63, 3.8) is 0 Å². The van der Waals surface area contributed by atoms with Crippen LogP contribution in [-0.2, 0) is 32.1 Å². The van der Waals surface area contributed by atoms with Crippen LogP contribution in [0.25, 0.3) is 0 Å². The van der Waals surface area contributed by atoms with E-state index in [1.54, 1.807) is 0 Å². The Morgan fingerprint density at radius 2 is 1.83 bits per heavy atom. The molecule has 6 heteroatoms. The number of rotatable bonds is 3. The Hall–Kier alpha value is -1.92. The zero-order chi connectivity index (χ0) is 20.2. The Bertz CT molecular complexity index is 947. The number of furan rings is 1. The number of fused-ring (bicyclic) bond motifs is 3. The number of hydrogen-bond acceptors (Lipinski definition) is 4. The Kier molecular flexibility index (Phi) is 4.67. The molecule has 0 spiro atoms. The smallest absolute Gasteiger partial charge is 0.329 e. The lowest BCUT2D eigenvalue weighted by atomic mass is 9.76. The highest BCUT2D eigenvalue weighted by molar-refractivity contribution is 7.97. The molecule has 3 aliphatic rings. The molecular formula is C23H28N2O3S. The molecule has 3 N–H and O–H groups in total. The second kappa shape index (κ2) is 7.10. The lowest BCUT2D eigenvalue weighted by Crippen LogP contribution is -2.24. The molecular weight excluding hydrogens is 384 g/mol. The van der Waals surface area contributed by atoms with Crippen LogP contribution in [0, 0.1) is 5.41 Å². The number of anilines is 1. The molecule has 29 heavy (non-hydrogen) atoms. The summed E-state index contributed by atoms with van der Waals surface area (Å²) in [4.78, 5) is 12.7. The maximum absolute atomic E-state index is 12.7. The summed E-state index contributed by atoms with van der Waals surface area (Å²) in [5, 5.41) is 14.1. The number of aryl methyl sites for hydroxylation is 2. The van der Waals surface area contributed by atoms with Gasteiger partial charge in [-0.1, -0.05) is 19.9 Å². The van der Waals surface area contributed by atoms with Crippen LogP contribution in [0.3, 0.4) is 0 Å². The lowest BCUT2D eigenvalue weighted by Gasteiger charge is -2.31. The molecule has 2 amide bonds. The van der Waals surface area contributed by atoms with Crippen molar-refractivity contribution in [2.24, 2.45) is 5.41 Å². The Morgan fingerprint density at radius 1 is 1.14 bits per heavy atom. The van der Waals surface area contributed by atoms with Gasteiger partial charge in [-0.2, -0.15) is 0 Å². The third-order valence-electron chi connectivity index (χ3n) is 6.52. The van der Waals surface area contributed by atoms with Crippen molar-refractivity contribution in [3.8, 4) is 0 Å².